The second-order valence-corrected chi connectivity index (χ2v) is 14.7. The van der Waals surface area contributed by atoms with Crippen molar-refractivity contribution in [2.24, 2.45) is 0 Å². The smallest absolute Gasteiger partial charge is 0.407 e. The molecule has 314 valence electrons. The Morgan fingerprint density at radius 1 is 0.717 bits per heavy atom. The molecule has 15 nitrogen and oxygen atoms in total. The molecular weight excluding hydrogens is 779 g/mol. The predicted octanol–water partition coefficient (Wildman–Crippen LogP) is 6.60. The van der Waals surface area contributed by atoms with Crippen molar-refractivity contribution in [3.63, 3.8) is 0 Å². The summed E-state index contributed by atoms with van der Waals surface area (Å²) >= 11 is 0. The highest BCUT2D eigenvalue weighted by Crippen LogP contribution is 2.37. The van der Waals surface area contributed by atoms with Crippen LogP contribution in [0.5, 0.6) is 0 Å². The van der Waals surface area contributed by atoms with Crippen molar-refractivity contribution >= 4 is 24.0 Å². The number of hydrogen-bond acceptors (Lipinski definition) is 9. The Morgan fingerprint density at radius 2 is 1.22 bits per heavy atom. The van der Waals surface area contributed by atoms with E-state index in [-0.39, 0.29) is 22.9 Å². The van der Waals surface area contributed by atoms with Crippen molar-refractivity contribution in [1.82, 2.24) is 40.4 Å². The first-order chi connectivity index (χ1) is 29.0. The minimum absolute atomic E-state index is 0.240. The number of methoxy groups -OCH3 is 3. The lowest BCUT2D eigenvalue weighted by atomic mass is 10.00. The van der Waals surface area contributed by atoms with Gasteiger partial charge in [0.1, 0.15) is 35.4 Å². The summed E-state index contributed by atoms with van der Waals surface area (Å²) in [7, 11) is 3.89. The molecule has 0 spiro atoms. The van der Waals surface area contributed by atoms with Crippen LogP contribution >= 0.6 is 0 Å². The molecule has 60 heavy (non-hydrogen) atoms. The highest BCUT2D eigenvalue weighted by Gasteiger charge is 2.39. The second-order valence-electron chi connectivity index (χ2n) is 14.7. The minimum Gasteiger partial charge on any atom is -0.453 e. The van der Waals surface area contributed by atoms with Gasteiger partial charge in [-0.15, -0.1) is 0 Å². The molecule has 2 aliphatic heterocycles. The van der Waals surface area contributed by atoms with Crippen LogP contribution in [-0.2, 0) is 23.8 Å². The van der Waals surface area contributed by atoms with Crippen LogP contribution in [0.25, 0.3) is 33.6 Å². The average Bonchev–Trinajstić information content (AvgIpc) is 4.11. The quantitative estimate of drug-likeness (QED) is 0.108. The zero-order valence-corrected chi connectivity index (χ0v) is 33.5. The van der Waals surface area contributed by atoms with Crippen LogP contribution in [0.2, 0.25) is 0 Å². The van der Waals surface area contributed by atoms with Crippen molar-refractivity contribution in [1.29, 1.82) is 0 Å². The van der Waals surface area contributed by atoms with E-state index in [1.165, 1.54) is 45.9 Å². The molecular formula is C43H46F2N8O7. The fraction of sp³-hybridized carbons (Fsp3) is 0.349. The summed E-state index contributed by atoms with van der Waals surface area (Å²) in [4.78, 5) is 70.4. The SMILES string of the molecule is COC(=O)N[C@H](C(=O)N1CCC[C@H]1c1ncc(-c2ccc(-c3ccc(-c4cnc([C@@H]5CCCN5C(=O)[C@H](NC(=O)OC)c5ccccc5)[nH]4)c(F)c3)cc2F)[nH]1)[C@H](C)OC. The van der Waals surface area contributed by atoms with E-state index in [0.29, 0.717) is 78.5 Å². The molecule has 4 N–H and O–H groups in total. The number of carbonyl (C=O) groups excluding carboxylic acids is 4. The number of rotatable bonds is 12. The van der Waals surface area contributed by atoms with Crippen LogP contribution in [0.1, 0.15) is 67.9 Å². The maximum Gasteiger partial charge on any atom is 0.407 e. The van der Waals surface area contributed by atoms with Gasteiger partial charge >= 0.3 is 12.2 Å². The third-order valence-electron chi connectivity index (χ3n) is 11.1. The number of carbonyl (C=O) groups is 4. The molecule has 0 unspecified atom stereocenters. The number of imidazole rings is 2. The summed E-state index contributed by atoms with van der Waals surface area (Å²) in [5, 5.41) is 5.20. The Kier molecular flexibility index (Phi) is 12.5. The zero-order chi connectivity index (χ0) is 42.5. The Bertz CT molecular complexity index is 2350. The maximum atomic E-state index is 15.8. The Hall–Kier alpha value is -6.62. The lowest BCUT2D eigenvalue weighted by Gasteiger charge is -2.30. The van der Waals surface area contributed by atoms with Crippen LogP contribution in [0.4, 0.5) is 18.4 Å². The van der Waals surface area contributed by atoms with Crippen LogP contribution in [-0.4, -0.2) is 100 Å². The van der Waals surface area contributed by atoms with Gasteiger partial charge < -0.3 is 44.6 Å². The van der Waals surface area contributed by atoms with Gasteiger partial charge in [-0.05, 0) is 73.6 Å². The molecule has 0 saturated carbocycles. The van der Waals surface area contributed by atoms with Crippen LogP contribution < -0.4 is 10.6 Å². The molecule has 2 aromatic heterocycles. The summed E-state index contributed by atoms with van der Waals surface area (Å²) in [6.07, 6.45) is 3.53. The number of halogens is 2. The van der Waals surface area contributed by atoms with Crippen molar-refractivity contribution in [3.8, 4) is 33.6 Å². The topological polar surface area (TPSA) is 184 Å². The molecule has 3 aromatic carbocycles. The van der Waals surface area contributed by atoms with Gasteiger partial charge in [0, 0.05) is 31.3 Å². The van der Waals surface area contributed by atoms with Gasteiger partial charge in [-0.25, -0.2) is 28.3 Å². The van der Waals surface area contributed by atoms with Gasteiger partial charge in [0.15, 0.2) is 0 Å². The molecule has 0 aliphatic carbocycles. The summed E-state index contributed by atoms with van der Waals surface area (Å²) in [6.45, 7) is 2.55. The largest absolute Gasteiger partial charge is 0.453 e. The molecule has 7 rings (SSSR count). The highest BCUT2D eigenvalue weighted by molar-refractivity contribution is 5.88. The fourth-order valence-corrected chi connectivity index (χ4v) is 7.90. The van der Waals surface area contributed by atoms with Crippen molar-refractivity contribution in [2.45, 2.75) is 62.9 Å². The van der Waals surface area contributed by atoms with Gasteiger partial charge in [-0.3, -0.25) is 9.59 Å². The maximum absolute atomic E-state index is 15.8. The molecule has 4 amide bonds. The Morgan fingerprint density at radius 3 is 1.70 bits per heavy atom. The third-order valence-corrected chi connectivity index (χ3v) is 11.1. The number of alkyl carbamates (subject to hydrolysis) is 2. The van der Waals surface area contributed by atoms with Crippen LogP contribution in [0.3, 0.4) is 0 Å². The lowest BCUT2D eigenvalue weighted by Crippen LogP contribution is -2.54. The lowest BCUT2D eigenvalue weighted by molar-refractivity contribution is -0.137. The Balaban J connectivity index is 1.05. The number of amides is 4. The minimum atomic E-state index is -0.990. The number of aromatic nitrogens is 4. The van der Waals surface area contributed by atoms with Crippen molar-refractivity contribution < 1.29 is 42.2 Å². The monoisotopic (exact) mass is 824 g/mol. The number of likely N-dealkylation sites (tertiary alicyclic amines) is 2. The summed E-state index contributed by atoms with van der Waals surface area (Å²) in [5.74, 6) is -0.841. The summed E-state index contributed by atoms with van der Waals surface area (Å²) < 4.78 is 46.4. The summed E-state index contributed by atoms with van der Waals surface area (Å²) in [6, 6.07) is 15.3. The molecule has 5 aromatic rings. The van der Waals surface area contributed by atoms with Gasteiger partial charge in [0.05, 0.1) is 56.2 Å². The van der Waals surface area contributed by atoms with Gasteiger partial charge in [0.2, 0.25) is 5.91 Å². The Labute approximate surface area is 344 Å². The van der Waals surface area contributed by atoms with E-state index in [2.05, 4.69) is 30.6 Å². The van der Waals surface area contributed by atoms with E-state index in [9.17, 15) is 19.2 Å². The second kappa shape index (κ2) is 18.1. The van der Waals surface area contributed by atoms with Crippen LogP contribution in [0, 0.1) is 11.6 Å². The van der Waals surface area contributed by atoms with E-state index < -0.39 is 54.1 Å². The number of benzene rings is 3. The number of H-pyrrole nitrogens is 2. The summed E-state index contributed by atoms with van der Waals surface area (Å²) in [5.41, 5.74) is 2.79. The van der Waals surface area contributed by atoms with E-state index in [4.69, 9.17) is 14.2 Å². The number of nitrogens with one attached hydrogen (secondary N) is 4. The first-order valence-corrected chi connectivity index (χ1v) is 19.6. The number of aromatic amines is 2. The number of ether oxygens (including phenoxy) is 3. The van der Waals surface area contributed by atoms with E-state index in [1.54, 1.807) is 65.3 Å². The highest BCUT2D eigenvalue weighted by atomic mass is 19.1. The zero-order valence-electron chi connectivity index (χ0n) is 33.5. The third kappa shape index (κ3) is 8.57. The van der Waals surface area contributed by atoms with Gasteiger partial charge in [-0.1, -0.05) is 42.5 Å². The van der Waals surface area contributed by atoms with E-state index in [1.807, 2.05) is 6.07 Å². The predicted molar refractivity (Wildman–Crippen MR) is 215 cm³/mol. The van der Waals surface area contributed by atoms with E-state index in [0.717, 1.165) is 0 Å². The average molecular weight is 825 g/mol. The first kappa shape index (κ1) is 41.5. The van der Waals surface area contributed by atoms with Crippen LogP contribution in [0.15, 0.2) is 79.1 Å². The number of nitrogens with zero attached hydrogens (tertiary/aromatic N) is 4. The van der Waals surface area contributed by atoms with E-state index >= 15 is 8.78 Å². The van der Waals surface area contributed by atoms with Gasteiger partial charge in [-0.2, -0.15) is 0 Å². The molecule has 2 aliphatic rings. The molecule has 0 bridgehead atoms. The number of hydrogen-bond donors (Lipinski definition) is 4. The van der Waals surface area contributed by atoms with Crippen molar-refractivity contribution in [2.75, 3.05) is 34.4 Å². The molecule has 5 atom stereocenters. The molecule has 4 heterocycles. The fourth-order valence-electron chi connectivity index (χ4n) is 7.90. The van der Waals surface area contributed by atoms with Crippen molar-refractivity contribution in [3.05, 3.63) is 108 Å². The molecule has 2 fully saturated rings. The molecule has 0 radical (unpaired) electrons. The standard InChI is InChI=1S/C43H46F2N8O7/c1-24(58-2)36(50-42(56)59-3)40(54)52-18-8-12-34(52)38-46-22-32(48-38)28-16-14-26(20-30(28)44)27-15-17-29(31(45)21-27)33-23-47-39(49-33)35-13-9-19-53(35)41(55)37(51-43(57)60-4)25-10-6-5-7-11-25/h5-7,10-11,14-17,20-24,34-37H,8-9,12-13,18-19H2,1-4H3,(H,46,48)(H,47,49)(H,50,56)(H,51,57)/t24-,34-,35-,36-,37+/m0/s1. The normalized spacial score (nSPS) is 17.8. The first-order valence-electron chi connectivity index (χ1n) is 19.6. The molecule has 2 saturated heterocycles. The molecule has 17 heteroatoms. The van der Waals surface area contributed by atoms with Gasteiger partial charge in [0.25, 0.3) is 5.91 Å².